The van der Waals surface area contributed by atoms with Crippen molar-refractivity contribution >= 4 is 33.6 Å². The molecular weight excluding hydrogens is 284 g/mol. The molecule has 0 bridgehead atoms. The van der Waals surface area contributed by atoms with Crippen LogP contribution >= 0.6 is 0 Å². The smallest absolute Gasteiger partial charge is 0.408 e. The Labute approximate surface area is 123 Å². The van der Waals surface area contributed by atoms with Gasteiger partial charge < -0.3 is 9.73 Å². The first-order valence-corrected chi connectivity index (χ1v) is 6.57. The van der Waals surface area contributed by atoms with E-state index in [-0.39, 0.29) is 5.91 Å². The largest absolute Gasteiger partial charge is 0.417 e. The Morgan fingerprint density at radius 2 is 2.14 bits per heavy atom. The summed E-state index contributed by atoms with van der Waals surface area (Å²) >= 11 is 0. The highest BCUT2D eigenvalue weighted by Crippen LogP contribution is 2.19. The van der Waals surface area contributed by atoms with Gasteiger partial charge in [-0.1, -0.05) is 12.1 Å². The zero-order valence-corrected chi connectivity index (χ0v) is 11.2. The molecule has 0 radical (unpaired) electrons. The zero-order valence-electron chi connectivity index (χ0n) is 11.2. The molecule has 7 heteroatoms. The van der Waals surface area contributed by atoms with Crippen LogP contribution in [0.15, 0.2) is 51.8 Å². The molecule has 2 aromatic carbocycles. The maximum Gasteiger partial charge on any atom is 0.417 e. The maximum absolute atomic E-state index is 12.4. The fourth-order valence-electron chi connectivity index (χ4n) is 2.39. The van der Waals surface area contributed by atoms with Gasteiger partial charge in [-0.05, 0) is 24.3 Å². The summed E-state index contributed by atoms with van der Waals surface area (Å²) in [5.41, 5.74) is 2.71. The number of anilines is 1. The number of hydrogen-bond donors (Lipinski definition) is 3. The molecule has 0 saturated heterocycles. The number of nitrogens with zero attached hydrogens (tertiary/aromatic N) is 1. The lowest BCUT2D eigenvalue weighted by molar-refractivity contribution is 0.102. The van der Waals surface area contributed by atoms with Crippen LogP contribution in [0.5, 0.6) is 0 Å². The van der Waals surface area contributed by atoms with E-state index in [1.165, 1.54) is 0 Å². The van der Waals surface area contributed by atoms with Crippen molar-refractivity contribution in [3.05, 3.63) is 58.7 Å². The van der Waals surface area contributed by atoms with Crippen LogP contribution in [0, 0.1) is 0 Å². The standard InChI is InChI=1S/C15H10N4O3/c20-14(10-3-1-2-8-7-16-19-13(8)10)17-9-4-5-12-11(6-9)18-15(21)22-12/h1-7H,(H,16,19)(H,17,20)(H,18,21). The van der Waals surface area contributed by atoms with E-state index < -0.39 is 5.76 Å². The molecule has 0 unspecified atom stereocenters. The van der Waals surface area contributed by atoms with Gasteiger partial charge in [0.25, 0.3) is 5.91 Å². The summed E-state index contributed by atoms with van der Waals surface area (Å²) in [4.78, 5) is 26.1. The summed E-state index contributed by atoms with van der Waals surface area (Å²) in [6, 6.07) is 10.3. The van der Waals surface area contributed by atoms with Crippen molar-refractivity contribution in [3.63, 3.8) is 0 Å². The van der Waals surface area contributed by atoms with Crippen molar-refractivity contribution in [3.8, 4) is 0 Å². The Kier molecular flexibility index (Phi) is 2.59. The fraction of sp³-hybridized carbons (Fsp3) is 0. The minimum Gasteiger partial charge on any atom is -0.408 e. The van der Waals surface area contributed by atoms with Crippen LogP contribution < -0.4 is 11.1 Å². The maximum atomic E-state index is 12.4. The van der Waals surface area contributed by atoms with E-state index >= 15 is 0 Å². The second kappa shape index (κ2) is 4.59. The Hall–Kier alpha value is -3.35. The average Bonchev–Trinajstić information content (AvgIpc) is 3.11. The van der Waals surface area contributed by atoms with E-state index in [4.69, 9.17) is 4.42 Å². The Morgan fingerprint density at radius 3 is 3.05 bits per heavy atom. The van der Waals surface area contributed by atoms with Crippen LogP contribution in [0.2, 0.25) is 0 Å². The first kappa shape index (κ1) is 12.4. The molecule has 108 valence electrons. The number of rotatable bonds is 2. The number of para-hydroxylation sites is 1. The quantitative estimate of drug-likeness (QED) is 0.527. The molecule has 4 aromatic rings. The van der Waals surface area contributed by atoms with Crippen molar-refractivity contribution in [2.24, 2.45) is 0 Å². The van der Waals surface area contributed by atoms with Crippen molar-refractivity contribution in [1.82, 2.24) is 15.2 Å². The molecule has 7 nitrogen and oxygen atoms in total. The van der Waals surface area contributed by atoms with Crippen LogP contribution in [0.1, 0.15) is 10.4 Å². The lowest BCUT2D eigenvalue weighted by Gasteiger charge is -2.06. The Bertz CT molecular complexity index is 1060. The molecule has 22 heavy (non-hydrogen) atoms. The number of aromatic nitrogens is 3. The topological polar surface area (TPSA) is 104 Å². The average molecular weight is 294 g/mol. The van der Waals surface area contributed by atoms with Crippen LogP contribution in [-0.2, 0) is 0 Å². The number of nitrogens with one attached hydrogen (secondary N) is 3. The third kappa shape index (κ3) is 1.96. The number of aromatic amines is 2. The first-order valence-electron chi connectivity index (χ1n) is 6.57. The molecule has 0 aliphatic carbocycles. The van der Waals surface area contributed by atoms with Gasteiger partial charge in [-0.2, -0.15) is 5.10 Å². The molecule has 0 fully saturated rings. The van der Waals surface area contributed by atoms with E-state index in [1.807, 2.05) is 6.07 Å². The van der Waals surface area contributed by atoms with Gasteiger partial charge in [-0.15, -0.1) is 0 Å². The summed E-state index contributed by atoms with van der Waals surface area (Å²) in [7, 11) is 0. The molecule has 4 rings (SSSR count). The monoisotopic (exact) mass is 294 g/mol. The molecular formula is C15H10N4O3. The van der Waals surface area contributed by atoms with E-state index in [1.54, 1.807) is 36.5 Å². The summed E-state index contributed by atoms with van der Waals surface area (Å²) in [6.07, 6.45) is 1.66. The number of carbonyl (C=O) groups is 1. The predicted molar refractivity (Wildman–Crippen MR) is 80.9 cm³/mol. The highest BCUT2D eigenvalue weighted by molar-refractivity contribution is 6.12. The summed E-state index contributed by atoms with van der Waals surface area (Å²) < 4.78 is 4.92. The second-order valence-electron chi connectivity index (χ2n) is 4.82. The van der Waals surface area contributed by atoms with Crippen molar-refractivity contribution in [2.45, 2.75) is 0 Å². The highest BCUT2D eigenvalue weighted by Gasteiger charge is 2.12. The van der Waals surface area contributed by atoms with Crippen LogP contribution in [0.25, 0.3) is 22.0 Å². The number of amides is 1. The lowest BCUT2D eigenvalue weighted by atomic mass is 10.1. The van der Waals surface area contributed by atoms with E-state index in [2.05, 4.69) is 20.5 Å². The molecule has 2 heterocycles. The molecule has 0 atom stereocenters. The fourth-order valence-corrected chi connectivity index (χ4v) is 2.39. The van der Waals surface area contributed by atoms with E-state index in [0.717, 1.165) is 5.39 Å². The normalized spacial score (nSPS) is 11.1. The molecule has 0 aliphatic heterocycles. The van der Waals surface area contributed by atoms with Crippen LogP contribution in [0.4, 0.5) is 5.69 Å². The lowest BCUT2D eigenvalue weighted by Crippen LogP contribution is -2.12. The van der Waals surface area contributed by atoms with Gasteiger partial charge in [0.2, 0.25) is 0 Å². The van der Waals surface area contributed by atoms with Gasteiger partial charge >= 0.3 is 5.76 Å². The molecule has 0 spiro atoms. The van der Waals surface area contributed by atoms with Crippen LogP contribution in [0.3, 0.4) is 0 Å². The zero-order chi connectivity index (χ0) is 15.1. The van der Waals surface area contributed by atoms with Gasteiger partial charge in [0, 0.05) is 11.1 Å². The van der Waals surface area contributed by atoms with Crippen molar-refractivity contribution in [2.75, 3.05) is 5.32 Å². The summed E-state index contributed by atoms with van der Waals surface area (Å²) in [6.45, 7) is 0. The minimum atomic E-state index is -0.527. The van der Waals surface area contributed by atoms with Gasteiger partial charge in [0.1, 0.15) is 0 Å². The van der Waals surface area contributed by atoms with Gasteiger partial charge in [-0.3, -0.25) is 14.9 Å². The number of fused-ring (bicyclic) bond motifs is 2. The number of carbonyl (C=O) groups excluding carboxylic acids is 1. The van der Waals surface area contributed by atoms with Gasteiger partial charge in [-0.25, -0.2) is 4.79 Å². The number of oxazole rings is 1. The molecule has 0 aliphatic rings. The minimum absolute atomic E-state index is 0.264. The SMILES string of the molecule is O=C(Nc1ccc2oc(=O)[nH]c2c1)c1cccc2cn[nH]c12. The number of benzene rings is 2. The number of H-pyrrole nitrogens is 2. The Balaban J connectivity index is 1.70. The van der Waals surface area contributed by atoms with Gasteiger partial charge in [0.05, 0.1) is 22.8 Å². The highest BCUT2D eigenvalue weighted by atomic mass is 16.4. The third-order valence-corrected chi connectivity index (χ3v) is 3.40. The predicted octanol–water partition coefficient (Wildman–Crippen LogP) is 2.25. The van der Waals surface area contributed by atoms with E-state index in [9.17, 15) is 9.59 Å². The summed E-state index contributed by atoms with van der Waals surface area (Å²) in [5, 5.41) is 10.4. The molecule has 3 N–H and O–H groups in total. The Morgan fingerprint density at radius 1 is 1.23 bits per heavy atom. The van der Waals surface area contributed by atoms with Gasteiger partial charge in [0.15, 0.2) is 5.58 Å². The van der Waals surface area contributed by atoms with Crippen molar-refractivity contribution < 1.29 is 9.21 Å². The molecule has 1 amide bonds. The number of hydrogen-bond acceptors (Lipinski definition) is 4. The second-order valence-corrected chi connectivity index (χ2v) is 4.82. The molecule has 2 aromatic heterocycles. The van der Waals surface area contributed by atoms with Crippen LogP contribution in [-0.4, -0.2) is 21.1 Å². The van der Waals surface area contributed by atoms with E-state index in [0.29, 0.717) is 27.9 Å². The third-order valence-electron chi connectivity index (χ3n) is 3.40. The summed E-state index contributed by atoms with van der Waals surface area (Å²) in [5.74, 6) is -0.791. The first-order chi connectivity index (χ1) is 10.7. The van der Waals surface area contributed by atoms with Crippen molar-refractivity contribution in [1.29, 1.82) is 0 Å². The molecule has 0 saturated carbocycles.